The molecule has 0 amide bonds. The average molecular weight is 358 g/mol. The molecule has 2 atom stereocenters. The summed E-state index contributed by atoms with van der Waals surface area (Å²) in [4.78, 5) is 7.57. The summed E-state index contributed by atoms with van der Waals surface area (Å²) in [6.45, 7) is -2.32. The Morgan fingerprint density at radius 2 is 2.05 bits per heavy atom. The minimum Gasteiger partial charge on any atom is -0.341 e. The molecule has 0 bridgehead atoms. The summed E-state index contributed by atoms with van der Waals surface area (Å²) in [5.74, 6) is 0.744. The Bertz CT molecular complexity index is 603. The van der Waals surface area contributed by atoms with Crippen molar-refractivity contribution in [1.82, 2.24) is 15.3 Å². The second-order valence-corrected chi connectivity index (χ2v) is 5.82. The van der Waals surface area contributed by atoms with Crippen LogP contribution in [0, 0.1) is 0 Å². The van der Waals surface area contributed by atoms with Crippen molar-refractivity contribution >= 4 is 15.9 Å². The first-order valence-corrected chi connectivity index (χ1v) is 7.39. The average Bonchev–Trinajstić information content (AvgIpc) is 3.07. The summed E-state index contributed by atoms with van der Waals surface area (Å²) in [7, 11) is 0. The molecule has 2 N–H and O–H groups in total. The molecule has 0 aliphatic carbocycles. The molecule has 2 aromatic rings. The fourth-order valence-electron chi connectivity index (χ4n) is 2.45. The van der Waals surface area contributed by atoms with E-state index in [1.165, 1.54) is 0 Å². The predicted octanol–water partition coefficient (Wildman–Crippen LogP) is 3.48. The van der Waals surface area contributed by atoms with Gasteiger partial charge in [-0.25, -0.2) is 4.98 Å². The van der Waals surface area contributed by atoms with Crippen LogP contribution in [0.5, 0.6) is 0 Å². The number of ether oxygens (including phenoxy) is 1. The highest BCUT2D eigenvalue weighted by atomic mass is 79.9. The fraction of sp³-hybridized carbons (Fsp3) is 0.357. The van der Waals surface area contributed by atoms with Crippen LogP contribution in [0.25, 0.3) is 11.3 Å². The van der Waals surface area contributed by atoms with Crippen LogP contribution in [-0.4, -0.2) is 29.2 Å². The Morgan fingerprint density at radius 3 is 2.76 bits per heavy atom. The normalized spacial score (nSPS) is 22.1. The smallest absolute Gasteiger partial charge is 0.341 e. The lowest BCUT2D eigenvalue weighted by Crippen LogP contribution is -2.19. The zero-order valence-corrected chi connectivity index (χ0v) is 12.6. The van der Waals surface area contributed by atoms with Gasteiger partial charge in [0.05, 0.1) is 24.0 Å². The molecule has 4 nitrogen and oxygen atoms in total. The van der Waals surface area contributed by atoms with Gasteiger partial charge in [0, 0.05) is 11.0 Å². The zero-order valence-electron chi connectivity index (χ0n) is 11.0. The molecule has 2 heterocycles. The van der Waals surface area contributed by atoms with Crippen molar-refractivity contribution in [2.24, 2.45) is 0 Å². The van der Waals surface area contributed by atoms with Crippen molar-refractivity contribution in [3.05, 3.63) is 40.8 Å². The number of hydrogen-bond donors (Lipinski definition) is 2. The van der Waals surface area contributed by atoms with Gasteiger partial charge in [-0.15, -0.1) is 0 Å². The predicted molar refractivity (Wildman–Crippen MR) is 78.0 cm³/mol. The third kappa shape index (κ3) is 3.48. The number of hydrogen-bond acceptors (Lipinski definition) is 3. The highest BCUT2D eigenvalue weighted by molar-refractivity contribution is 9.10. The molecule has 1 aromatic carbocycles. The lowest BCUT2D eigenvalue weighted by Gasteiger charge is -2.09. The molecular formula is C14H14BrF2N3O. The molecule has 112 valence electrons. The first-order valence-electron chi connectivity index (χ1n) is 6.59. The number of aromatic nitrogens is 2. The maximum Gasteiger partial charge on any atom is 0.345 e. The van der Waals surface area contributed by atoms with Crippen LogP contribution < -0.4 is 5.32 Å². The lowest BCUT2D eigenvalue weighted by molar-refractivity contribution is -0.157. The summed E-state index contributed by atoms with van der Waals surface area (Å²) in [5.41, 5.74) is 1.92. The van der Waals surface area contributed by atoms with Crippen molar-refractivity contribution in [3.8, 4) is 11.3 Å². The molecule has 7 heteroatoms. The van der Waals surface area contributed by atoms with E-state index >= 15 is 0 Å². The van der Waals surface area contributed by atoms with Crippen molar-refractivity contribution in [2.45, 2.75) is 25.2 Å². The standard InChI is InChI=1S/C14H14BrF2N3O/c15-9-3-1-8(2-4-9)12-7-19-13(20-12)11-5-10(6-18-11)21-14(16)17/h1-4,7,10-11,14,18H,5-6H2,(H,19,20)/t10-,11-/m0/s1. The lowest BCUT2D eigenvalue weighted by atomic mass is 10.2. The van der Waals surface area contributed by atoms with E-state index in [9.17, 15) is 8.78 Å². The number of nitrogens with zero attached hydrogens (tertiary/aromatic N) is 1. The number of nitrogens with one attached hydrogen (secondary N) is 2. The van der Waals surface area contributed by atoms with Gasteiger partial charge in [-0.1, -0.05) is 28.1 Å². The number of H-pyrrole nitrogens is 1. The van der Waals surface area contributed by atoms with Gasteiger partial charge in [0.2, 0.25) is 0 Å². The Kier molecular flexibility index (Phi) is 4.32. The topological polar surface area (TPSA) is 49.9 Å². The molecule has 0 saturated carbocycles. The van der Waals surface area contributed by atoms with Crippen molar-refractivity contribution in [1.29, 1.82) is 0 Å². The van der Waals surface area contributed by atoms with E-state index in [4.69, 9.17) is 0 Å². The zero-order chi connectivity index (χ0) is 14.8. The van der Waals surface area contributed by atoms with Gasteiger partial charge < -0.3 is 15.0 Å². The van der Waals surface area contributed by atoms with Gasteiger partial charge in [-0.2, -0.15) is 8.78 Å². The second kappa shape index (κ2) is 6.21. The van der Waals surface area contributed by atoms with Crippen LogP contribution in [0.15, 0.2) is 34.9 Å². The molecule has 1 aromatic heterocycles. The number of rotatable bonds is 4. The largest absolute Gasteiger partial charge is 0.345 e. The van der Waals surface area contributed by atoms with E-state index in [2.05, 4.69) is 36.0 Å². The maximum absolute atomic E-state index is 12.2. The van der Waals surface area contributed by atoms with Gasteiger partial charge in [0.15, 0.2) is 0 Å². The van der Waals surface area contributed by atoms with Gasteiger partial charge in [0.25, 0.3) is 0 Å². The molecule has 1 saturated heterocycles. The van der Waals surface area contributed by atoms with Gasteiger partial charge in [-0.3, -0.25) is 0 Å². The fourth-order valence-corrected chi connectivity index (χ4v) is 2.71. The van der Waals surface area contributed by atoms with Crippen LogP contribution in [-0.2, 0) is 4.74 Å². The minimum absolute atomic E-state index is 0.0852. The molecule has 0 unspecified atom stereocenters. The Hall–Kier alpha value is -1.31. The van der Waals surface area contributed by atoms with Crippen LogP contribution in [0.1, 0.15) is 18.3 Å². The molecule has 0 spiro atoms. The molecular weight excluding hydrogens is 344 g/mol. The van der Waals surface area contributed by atoms with E-state index in [-0.39, 0.29) is 6.04 Å². The van der Waals surface area contributed by atoms with Gasteiger partial charge in [0.1, 0.15) is 5.82 Å². The quantitative estimate of drug-likeness (QED) is 0.880. The Balaban J connectivity index is 1.69. The van der Waals surface area contributed by atoms with E-state index in [0.717, 1.165) is 21.6 Å². The molecule has 1 aliphatic rings. The number of alkyl halides is 2. The minimum atomic E-state index is -2.73. The van der Waals surface area contributed by atoms with Crippen LogP contribution in [0.4, 0.5) is 8.78 Å². The summed E-state index contributed by atoms with van der Waals surface area (Å²) in [6.07, 6.45) is 1.76. The van der Waals surface area contributed by atoms with E-state index in [1.54, 1.807) is 6.20 Å². The van der Waals surface area contributed by atoms with Crippen LogP contribution in [0.2, 0.25) is 0 Å². The van der Waals surface area contributed by atoms with Crippen molar-refractivity contribution in [3.63, 3.8) is 0 Å². The molecule has 0 radical (unpaired) electrons. The maximum atomic E-state index is 12.2. The van der Waals surface area contributed by atoms with Crippen molar-refractivity contribution < 1.29 is 13.5 Å². The van der Waals surface area contributed by atoms with E-state index in [0.29, 0.717) is 13.0 Å². The van der Waals surface area contributed by atoms with E-state index in [1.807, 2.05) is 24.3 Å². The number of imidazole rings is 1. The molecule has 1 aliphatic heterocycles. The Labute approximate surface area is 129 Å². The van der Waals surface area contributed by atoms with E-state index < -0.39 is 12.7 Å². The Morgan fingerprint density at radius 1 is 1.29 bits per heavy atom. The first kappa shape index (κ1) is 14.6. The van der Waals surface area contributed by atoms with Crippen LogP contribution in [0.3, 0.4) is 0 Å². The summed E-state index contributed by atoms with van der Waals surface area (Å²) < 4.78 is 29.9. The molecule has 3 rings (SSSR count). The van der Waals surface area contributed by atoms with Gasteiger partial charge in [-0.05, 0) is 24.1 Å². The molecule has 21 heavy (non-hydrogen) atoms. The highest BCUT2D eigenvalue weighted by Crippen LogP contribution is 2.27. The number of benzene rings is 1. The highest BCUT2D eigenvalue weighted by Gasteiger charge is 2.29. The van der Waals surface area contributed by atoms with Crippen molar-refractivity contribution in [2.75, 3.05) is 6.54 Å². The third-order valence-corrected chi connectivity index (χ3v) is 4.00. The first-order chi connectivity index (χ1) is 10.1. The summed E-state index contributed by atoms with van der Waals surface area (Å²) in [6, 6.07) is 7.78. The number of aromatic amines is 1. The second-order valence-electron chi connectivity index (χ2n) is 4.90. The SMILES string of the molecule is FC(F)O[C@@H]1CN[C@H](c2ncc(-c3ccc(Br)cc3)[nH]2)C1. The summed E-state index contributed by atoms with van der Waals surface area (Å²) >= 11 is 3.39. The third-order valence-electron chi connectivity index (χ3n) is 3.47. The summed E-state index contributed by atoms with van der Waals surface area (Å²) in [5, 5.41) is 3.14. The van der Waals surface area contributed by atoms with Gasteiger partial charge >= 0.3 is 6.61 Å². The number of halogens is 3. The van der Waals surface area contributed by atoms with Crippen LogP contribution >= 0.6 is 15.9 Å². The molecule has 1 fully saturated rings. The monoisotopic (exact) mass is 357 g/mol.